The van der Waals surface area contributed by atoms with Crippen LogP contribution in [-0.2, 0) is 16.2 Å². The second-order valence-electron chi connectivity index (χ2n) is 24.4. The number of rotatable bonds is 5. The van der Waals surface area contributed by atoms with Crippen LogP contribution in [0.2, 0.25) is 0 Å². The second kappa shape index (κ2) is 16.2. The number of benzene rings is 10. The summed E-state index contributed by atoms with van der Waals surface area (Å²) >= 11 is 1.99. The quantitative estimate of drug-likeness (QED) is 0.125. The van der Waals surface area contributed by atoms with Crippen LogP contribution in [0.1, 0.15) is 104 Å². The minimum absolute atomic E-state index is 0.00500. The summed E-state index contributed by atoms with van der Waals surface area (Å²) in [5.74, 6) is 0.360. The van der Waals surface area contributed by atoms with Gasteiger partial charge in [-0.15, -0.1) is 11.3 Å². The van der Waals surface area contributed by atoms with E-state index in [1.807, 2.05) is 11.3 Å². The first-order valence-electron chi connectivity index (χ1n) is 26.4. The Bertz CT molecular complexity index is 3940. The molecule has 358 valence electrons. The van der Waals surface area contributed by atoms with Crippen LogP contribution in [0.3, 0.4) is 0 Å². The predicted octanol–water partition coefficient (Wildman–Crippen LogP) is 18.2. The van der Waals surface area contributed by atoms with Gasteiger partial charge in [0.05, 0.1) is 11.4 Å². The van der Waals surface area contributed by atoms with E-state index in [0.717, 1.165) is 0 Å². The van der Waals surface area contributed by atoms with Gasteiger partial charge in [0.2, 0.25) is 0 Å². The second-order valence-corrected chi connectivity index (χ2v) is 25.5. The number of hydrogen-bond donors (Lipinski definition) is 0. The van der Waals surface area contributed by atoms with Crippen molar-refractivity contribution < 1.29 is 0 Å². The molecule has 2 aliphatic heterocycles. The molecule has 0 fully saturated rings. The third kappa shape index (κ3) is 7.26. The fourth-order valence-electron chi connectivity index (χ4n) is 12.1. The lowest BCUT2D eigenvalue weighted by molar-refractivity contribution is 0.590. The van der Waals surface area contributed by atoms with Gasteiger partial charge >= 0.3 is 0 Å². The van der Waals surface area contributed by atoms with Crippen LogP contribution in [0.15, 0.2) is 176 Å². The van der Waals surface area contributed by atoms with Crippen molar-refractivity contribution in [1.82, 2.24) is 0 Å². The summed E-state index contributed by atoms with van der Waals surface area (Å²) in [5.41, 5.74) is 20.2. The van der Waals surface area contributed by atoms with Crippen LogP contribution in [0.4, 0.5) is 34.1 Å². The van der Waals surface area contributed by atoms with Gasteiger partial charge < -0.3 is 9.80 Å². The smallest absolute Gasteiger partial charge is 0.264 e. The van der Waals surface area contributed by atoms with Gasteiger partial charge in [-0.1, -0.05) is 185 Å². The first-order valence-corrected chi connectivity index (χ1v) is 27.2. The van der Waals surface area contributed by atoms with Crippen molar-refractivity contribution in [2.75, 3.05) is 9.80 Å². The molecule has 0 amide bonds. The van der Waals surface area contributed by atoms with Gasteiger partial charge in [0.15, 0.2) is 0 Å². The molecule has 10 aromatic carbocycles. The maximum atomic E-state index is 2.66. The van der Waals surface area contributed by atoms with E-state index < -0.39 is 0 Å². The van der Waals surface area contributed by atoms with Crippen molar-refractivity contribution in [3.63, 3.8) is 0 Å². The van der Waals surface area contributed by atoms with Gasteiger partial charge in [0.1, 0.15) is 0 Å². The Balaban J connectivity index is 1.15. The van der Waals surface area contributed by atoms with Crippen LogP contribution < -0.4 is 25.5 Å². The molecule has 2 nitrogen and oxygen atoms in total. The molecule has 0 radical (unpaired) electrons. The lowest BCUT2D eigenvalue weighted by Gasteiger charge is -2.44. The number of thiophene rings is 1. The normalized spacial score (nSPS) is 13.7. The molecule has 13 rings (SSSR count). The highest BCUT2D eigenvalue weighted by molar-refractivity contribution is 7.33. The molecule has 0 aliphatic carbocycles. The molecule has 73 heavy (non-hydrogen) atoms. The minimum atomic E-state index is -0.0691. The third-order valence-corrected chi connectivity index (χ3v) is 17.4. The van der Waals surface area contributed by atoms with E-state index in [-0.39, 0.29) is 23.0 Å². The van der Waals surface area contributed by atoms with Crippen LogP contribution in [0.5, 0.6) is 0 Å². The van der Waals surface area contributed by atoms with Gasteiger partial charge in [-0.25, -0.2) is 0 Å². The van der Waals surface area contributed by atoms with Gasteiger partial charge in [-0.05, 0) is 171 Å². The summed E-state index contributed by atoms with van der Waals surface area (Å²) in [4.78, 5) is 5.30. The summed E-state index contributed by atoms with van der Waals surface area (Å²) in [6.07, 6.45) is 0. The van der Waals surface area contributed by atoms with E-state index in [0.29, 0.717) is 5.92 Å². The molecule has 0 saturated carbocycles. The topological polar surface area (TPSA) is 6.48 Å². The van der Waals surface area contributed by atoms with Gasteiger partial charge in [0, 0.05) is 43.2 Å². The van der Waals surface area contributed by atoms with Crippen molar-refractivity contribution in [2.24, 2.45) is 0 Å². The standard InChI is InChI=1S/C69H63BN2S/c1-41(2)45-24-31-58-56(36-45)70-64-59(71(53-29-25-50(26-30-53)67(3,4)5)65-55-40-52(69(9,10)11)28-33-61(55)73-66(65)70)37-48(42-16-13-12-14-17-42)38-60(64)72(58)57-32-27-51(68(6,7)8)39-54(57)49-34-46-22-20-43-18-15-19-44-21-23-47(35-49)63(46)62(43)44/h12-41H,1-11H3. The highest BCUT2D eigenvalue weighted by atomic mass is 32.1. The van der Waals surface area contributed by atoms with E-state index in [2.05, 4.69) is 262 Å². The van der Waals surface area contributed by atoms with E-state index in [4.69, 9.17) is 0 Å². The van der Waals surface area contributed by atoms with E-state index in [9.17, 15) is 0 Å². The number of fused-ring (bicyclic) bond motifs is 6. The van der Waals surface area contributed by atoms with Crippen LogP contribution in [-0.4, -0.2) is 6.71 Å². The van der Waals surface area contributed by atoms with Crippen molar-refractivity contribution in [3.8, 4) is 22.3 Å². The molecule has 0 unspecified atom stereocenters. The zero-order chi connectivity index (χ0) is 50.5. The largest absolute Gasteiger partial charge is 0.311 e. The van der Waals surface area contributed by atoms with Gasteiger partial charge in [-0.3, -0.25) is 0 Å². The van der Waals surface area contributed by atoms with E-state index in [1.165, 1.54) is 137 Å². The summed E-state index contributed by atoms with van der Waals surface area (Å²) in [5, 5.41) is 9.13. The monoisotopic (exact) mass is 962 g/mol. The molecular weight excluding hydrogens is 900 g/mol. The zero-order valence-corrected chi connectivity index (χ0v) is 45.0. The SMILES string of the molecule is CC(C)c1ccc2c(c1)B1c3sc4ccc(C(C)(C)C)cc4c3N(c3ccc(C(C)(C)C)cc3)c3cc(-c4ccccc4)cc(c31)N2c1ccc(C(C)(C)C)cc1-c1cc2ccc3cccc4ccc(c1)c2c34. The van der Waals surface area contributed by atoms with Crippen molar-refractivity contribution >= 4 is 110 Å². The van der Waals surface area contributed by atoms with E-state index >= 15 is 0 Å². The Morgan fingerprint density at radius 1 is 0.438 bits per heavy atom. The van der Waals surface area contributed by atoms with Gasteiger partial charge in [0.25, 0.3) is 6.71 Å². The first kappa shape index (κ1) is 45.7. The lowest BCUT2D eigenvalue weighted by Crippen LogP contribution is -2.60. The lowest BCUT2D eigenvalue weighted by atomic mass is 9.36. The van der Waals surface area contributed by atoms with Crippen molar-refractivity contribution in [2.45, 2.75) is 98.3 Å². The predicted molar refractivity (Wildman–Crippen MR) is 321 cm³/mol. The Labute approximate surface area is 436 Å². The molecule has 0 spiro atoms. The average molecular weight is 963 g/mol. The number of nitrogens with zero attached hydrogens (tertiary/aromatic N) is 2. The van der Waals surface area contributed by atoms with Crippen LogP contribution >= 0.6 is 11.3 Å². The zero-order valence-electron chi connectivity index (χ0n) is 44.2. The minimum Gasteiger partial charge on any atom is -0.311 e. The Kier molecular flexibility index (Phi) is 10.1. The molecule has 2 aliphatic rings. The Morgan fingerprint density at radius 2 is 1.01 bits per heavy atom. The van der Waals surface area contributed by atoms with Crippen LogP contribution in [0.25, 0.3) is 64.7 Å². The van der Waals surface area contributed by atoms with E-state index in [1.54, 1.807) is 0 Å². The highest BCUT2D eigenvalue weighted by Gasteiger charge is 2.46. The molecule has 0 saturated heterocycles. The fourth-order valence-corrected chi connectivity index (χ4v) is 13.4. The highest BCUT2D eigenvalue weighted by Crippen LogP contribution is 2.52. The average Bonchev–Trinajstić information content (AvgIpc) is 3.76. The van der Waals surface area contributed by atoms with Crippen LogP contribution in [0, 0.1) is 0 Å². The molecule has 0 N–H and O–H groups in total. The summed E-state index contributed by atoms with van der Waals surface area (Å²) in [6.45, 7) is 25.7. The molecule has 11 aromatic rings. The van der Waals surface area contributed by atoms with Crippen molar-refractivity contribution in [3.05, 3.63) is 198 Å². The molecule has 1 aromatic heterocycles. The molecule has 0 atom stereocenters. The Morgan fingerprint density at radius 3 is 1.66 bits per heavy atom. The summed E-state index contributed by atoms with van der Waals surface area (Å²) in [6, 6.07) is 68.5. The van der Waals surface area contributed by atoms with Crippen molar-refractivity contribution in [1.29, 1.82) is 0 Å². The maximum absolute atomic E-state index is 2.66. The molecule has 3 heterocycles. The third-order valence-electron chi connectivity index (χ3n) is 16.2. The summed E-state index contributed by atoms with van der Waals surface area (Å²) < 4.78 is 2.73. The molecular formula is C69H63BN2S. The summed E-state index contributed by atoms with van der Waals surface area (Å²) in [7, 11) is 0. The number of hydrogen-bond acceptors (Lipinski definition) is 3. The first-order chi connectivity index (χ1) is 34.9. The molecule has 4 heteroatoms. The Hall–Kier alpha value is -7.14. The fraction of sp³-hybridized carbons (Fsp3) is 0.217. The maximum Gasteiger partial charge on any atom is 0.264 e. The van der Waals surface area contributed by atoms with Gasteiger partial charge in [-0.2, -0.15) is 0 Å². The number of anilines is 6. The molecule has 0 bridgehead atoms.